The number of hydrogen-bond acceptors (Lipinski definition) is 6. The summed E-state index contributed by atoms with van der Waals surface area (Å²) in [4.78, 5) is 24.5. The number of amides is 1. The number of carbonyl (C=O) groups is 1. The van der Waals surface area contributed by atoms with Crippen LogP contribution in [0, 0.1) is 0 Å². The lowest BCUT2D eigenvalue weighted by Crippen LogP contribution is -2.30. The Kier molecular flexibility index (Phi) is 5.96. The first-order valence-electron chi connectivity index (χ1n) is 11.0. The maximum Gasteiger partial charge on any atom is 0.260 e. The highest BCUT2D eigenvalue weighted by atomic mass is 32.1. The lowest BCUT2D eigenvalue weighted by Gasteiger charge is -2.22. The van der Waals surface area contributed by atoms with Crippen molar-refractivity contribution in [1.82, 2.24) is 9.97 Å². The summed E-state index contributed by atoms with van der Waals surface area (Å²) in [7, 11) is 3.21. The molecule has 1 amide bonds. The van der Waals surface area contributed by atoms with E-state index in [9.17, 15) is 4.79 Å². The Morgan fingerprint density at radius 2 is 1.82 bits per heavy atom. The van der Waals surface area contributed by atoms with Gasteiger partial charge < -0.3 is 9.47 Å². The highest BCUT2D eigenvalue weighted by Crippen LogP contribution is 2.38. The summed E-state index contributed by atoms with van der Waals surface area (Å²) >= 11 is 1.46. The Bertz CT molecular complexity index is 1260. The molecule has 0 unspecified atom stereocenters. The number of thiazole rings is 1. The number of aromatic nitrogens is 2. The normalized spacial score (nSPS) is 12.9. The molecule has 33 heavy (non-hydrogen) atoms. The molecule has 0 spiro atoms. The Morgan fingerprint density at radius 3 is 2.58 bits per heavy atom. The SMILES string of the molecule is COc1cc2nc(N(Cc3cccnc3)C(=O)c3ccc4c(c3)CCCC4)sc2cc1OC. The second kappa shape index (κ2) is 9.19. The fraction of sp³-hybridized carbons (Fsp3) is 0.269. The van der Waals surface area contributed by atoms with Gasteiger partial charge in [0.15, 0.2) is 16.6 Å². The molecule has 0 aliphatic heterocycles. The molecule has 2 heterocycles. The number of carbonyl (C=O) groups excluding carboxylic acids is 1. The van der Waals surface area contributed by atoms with E-state index in [4.69, 9.17) is 14.5 Å². The first-order valence-corrected chi connectivity index (χ1v) is 11.8. The van der Waals surface area contributed by atoms with Crippen molar-refractivity contribution in [3.05, 3.63) is 77.1 Å². The lowest BCUT2D eigenvalue weighted by atomic mass is 9.90. The predicted molar refractivity (Wildman–Crippen MR) is 131 cm³/mol. The molecule has 0 radical (unpaired) electrons. The van der Waals surface area contributed by atoms with Crippen LogP contribution >= 0.6 is 11.3 Å². The number of ether oxygens (including phenoxy) is 2. The van der Waals surface area contributed by atoms with Crippen molar-refractivity contribution in [1.29, 1.82) is 0 Å². The van der Waals surface area contributed by atoms with Crippen LogP contribution in [0.25, 0.3) is 10.2 Å². The molecular weight excluding hydrogens is 434 g/mol. The molecule has 5 rings (SSSR count). The van der Waals surface area contributed by atoms with Crippen LogP contribution in [0.3, 0.4) is 0 Å². The molecule has 0 bridgehead atoms. The van der Waals surface area contributed by atoms with E-state index in [1.165, 1.54) is 35.3 Å². The van der Waals surface area contributed by atoms with Crippen LogP contribution in [0.15, 0.2) is 54.9 Å². The second-order valence-electron chi connectivity index (χ2n) is 8.11. The zero-order chi connectivity index (χ0) is 22.8. The molecule has 0 N–H and O–H groups in total. The summed E-state index contributed by atoms with van der Waals surface area (Å²) in [6.07, 6.45) is 8.02. The van der Waals surface area contributed by atoms with Gasteiger partial charge in [-0.15, -0.1) is 0 Å². The Balaban J connectivity index is 1.56. The molecule has 4 aromatic rings. The van der Waals surface area contributed by atoms with Crippen LogP contribution in [0.5, 0.6) is 11.5 Å². The van der Waals surface area contributed by atoms with E-state index in [2.05, 4.69) is 17.1 Å². The Labute approximate surface area is 196 Å². The molecule has 0 atom stereocenters. The monoisotopic (exact) mass is 459 g/mol. The zero-order valence-electron chi connectivity index (χ0n) is 18.7. The third-order valence-corrected chi connectivity index (χ3v) is 7.06. The predicted octanol–water partition coefficient (Wildman–Crippen LogP) is 5.43. The first-order chi connectivity index (χ1) is 16.2. The van der Waals surface area contributed by atoms with Gasteiger partial charge in [-0.1, -0.05) is 23.5 Å². The average Bonchev–Trinajstić information content (AvgIpc) is 3.28. The maximum atomic E-state index is 13.8. The number of nitrogens with zero attached hydrogens (tertiary/aromatic N) is 3. The van der Waals surface area contributed by atoms with Crippen LogP contribution in [0.2, 0.25) is 0 Å². The third-order valence-electron chi connectivity index (χ3n) is 6.02. The minimum absolute atomic E-state index is 0.0646. The van der Waals surface area contributed by atoms with E-state index in [0.717, 1.165) is 28.6 Å². The van der Waals surface area contributed by atoms with Crippen LogP contribution < -0.4 is 14.4 Å². The first kappa shape index (κ1) is 21.4. The number of hydrogen-bond donors (Lipinski definition) is 0. The van der Waals surface area contributed by atoms with Gasteiger partial charge in [0.2, 0.25) is 0 Å². The van der Waals surface area contributed by atoms with E-state index in [-0.39, 0.29) is 5.91 Å². The average molecular weight is 460 g/mol. The van der Waals surface area contributed by atoms with E-state index >= 15 is 0 Å². The summed E-state index contributed by atoms with van der Waals surface area (Å²) in [6.45, 7) is 0.387. The molecule has 6 nitrogen and oxygen atoms in total. The molecule has 0 saturated heterocycles. The largest absolute Gasteiger partial charge is 0.493 e. The molecular formula is C26H25N3O3S. The number of aryl methyl sites for hydroxylation is 2. The lowest BCUT2D eigenvalue weighted by molar-refractivity contribution is 0.0985. The van der Waals surface area contributed by atoms with E-state index in [1.54, 1.807) is 31.5 Å². The summed E-state index contributed by atoms with van der Waals surface area (Å²) in [5, 5.41) is 0.631. The molecule has 1 aliphatic carbocycles. The minimum Gasteiger partial charge on any atom is -0.493 e. The van der Waals surface area contributed by atoms with E-state index < -0.39 is 0 Å². The molecule has 0 saturated carbocycles. The number of anilines is 1. The number of fused-ring (bicyclic) bond motifs is 2. The number of pyridine rings is 1. The van der Waals surface area contributed by atoms with Crippen molar-refractivity contribution >= 4 is 32.6 Å². The van der Waals surface area contributed by atoms with Gasteiger partial charge >= 0.3 is 0 Å². The minimum atomic E-state index is -0.0646. The Hall–Kier alpha value is -3.45. The second-order valence-corrected chi connectivity index (χ2v) is 9.12. The number of methoxy groups -OCH3 is 2. The van der Waals surface area contributed by atoms with Crippen LogP contribution in [0.1, 0.15) is 39.9 Å². The molecule has 1 aliphatic rings. The molecule has 2 aromatic heterocycles. The van der Waals surface area contributed by atoms with Gasteiger partial charge in [0, 0.05) is 30.1 Å². The van der Waals surface area contributed by atoms with Crippen molar-refractivity contribution < 1.29 is 14.3 Å². The zero-order valence-corrected chi connectivity index (χ0v) is 19.5. The highest BCUT2D eigenvalue weighted by molar-refractivity contribution is 7.22. The Morgan fingerprint density at radius 1 is 1.03 bits per heavy atom. The van der Waals surface area contributed by atoms with E-state index in [1.807, 2.05) is 30.3 Å². The van der Waals surface area contributed by atoms with Crippen molar-refractivity contribution in [2.75, 3.05) is 19.1 Å². The van der Waals surface area contributed by atoms with Crippen molar-refractivity contribution in [3.63, 3.8) is 0 Å². The molecule has 7 heteroatoms. The van der Waals surface area contributed by atoms with Crippen LogP contribution in [0.4, 0.5) is 5.13 Å². The maximum absolute atomic E-state index is 13.8. The van der Waals surface area contributed by atoms with Gasteiger partial charge in [0.05, 0.1) is 31.0 Å². The highest BCUT2D eigenvalue weighted by Gasteiger charge is 2.24. The summed E-state index contributed by atoms with van der Waals surface area (Å²) in [5.74, 6) is 1.19. The number of benzene rings is 2. The van der Waals surface area contributed by atoms with Gasteiger partial charge in [-0.3, -0.25) is 14.7 Å². The van der Waals surface area contributed by atoms with Gasteiger partial charge in [-0.2, -0.15) is 0 Å². The van der Waals surface area contributed by atoms with Crippen molar-refractivity contribution in [3.8, 4) is 11.5 Å². The van der Waals surface area contributed by atoms with E-state index in [0.29, 0.717) is 28.7 Å². The van der Waals surface area contributed by atoms with Crippen molar-refractivity contribution in [2.45, 2.75) is 32.2 Å². The standard InChI is InChI=1S/C26H25N3O3S/c1-31-22-13-21-24(14-23(22)32-2)33-26(28-21)29(16-17-6-5-11-27-15-17)25(30)20-10-9-18-7-3-4-8-19(18)12-20/h5-6,9-15H,3-4,7-8,16H2,1-2H3. The van der Waals surface area contributed by atoms with Crippen LogP contribution in [-0.4, -0.2) is 30.1 Å². The van der Waals surface area contributed by atoms with Gasteiger partial charge in [-0.05, 0) is 60.6 Å². The van der Waals surface area contributed by atoms with Gasteiger partial charge in [0.1, 0.15) is 0 Å². The fourth-order valence-corrected chi connectivity index (χ4v) is 5.25. The molecule has 2 aromatic carbocycles. The van der Waals surface area contributed by atoms with Gasteiger partial charge in [0.25, 0.3) is 5.91 Å². The third kappa shape index (κ3) is 4.28. The molecule has 0 fully saturated rings. The smallest absolute Gasteiger partial charge is 0.260 e. The molecule has 168 valence electrons. The fourth-order valence-electron chi connectivity index (χ4n) is 4.28. The van der Waals surface area contributed by atoms with Crippen LogP contribution in [-0.2, 0) is 19.4 Å². The number of rotatable bonds is 6. The summed E-state index contributed by atoms with van der Waals surface area (Å²) < 4.78 is 11.8. The van der Waals surface area contributed by atoms with Gasteiger partial charge in [-0.25, -0.2) is 4.98 Å². The van der Waals surface area contributed by atoms with Crippen molar-refractivity contribution in [2.24, 2.45) is 0 Å². The topological polar surface area (TPSA) is 64.5 Å². The summed E-state index contributed by atoms with van der Waals surface area (Å²) in [6, 6.07) is 13.7. The quantitative estimate of drug-likeness (QED) is 0.384. The summed E-state index contributed by atoms with van der Waals surface area (Å²) in [5.41, 5.74) is 5.04.